The summed E-state index contributed by atoms with van der Waals surface area (Å²) in [5.41, 5.74) is 0. The van der Waals surface area contributed by atoms with Gasteiger partial charge in [0.2, 0.25) is 0 Å². The summed E-state index contributed by atoms with van der Waals surface area (Å²) >= 11 is -2.04. The van der Waals surface area contributed by atoms with Crippen molar-refractivity contribution in [3.8, 4) is 0 Å². The number of hydrogen-bond acceptors (Lipinski definition) is 0. The fourth-order valence-corrected chi connectivity index (χ4v) is 18.3. The van der Waals surface area contributed by atoms with Gasteiger partial charge in [0.15, 0.2) is 0 Å². The standard InChI is InChI=1S/C5H9.3C4H7.Sn/c1-2-4-5-3-1;3*1-3-4-2;/h1H,2-5H2;3*3-4H,1H2,2H3;. The van der Waals surface area contributed by atoms with Crippen molar-refractivity contribution in [1.29, 1.82) is 0 Å². The van der Waals surface area contributed by atoms with Crippen LogP contribution < -0.4 is 0 Å². The van der Waals surface area contributed by atoms with Gasteiger partial charge in [-0.2, -0.15) is 0 Å². The Morgan fingerprint density at radius 1 is 0.778 bits per heavy atom. The topological polar surface area (TPSA) is 0 Å². The predicted molar refractivity (Wildman–Crippen MR) is 86.8 cm³/mol. The molecule has 0 unspecified atom stereocenters. The molecule has 1 heteroatoms. The quantitative estimate of drug-likeness (QED) is 0.383. The maximum absolute atomic E-state index is 2.47. The van der Waals surface area contributed by atoms with Crippen molar-refractivity contribution in [3.05, 3.63) is 36.5 Å². The van der Waals surface area contributed by atoms with E-state index in [-0.39, 0.29) is 0 Å². The van der Waals surface area contributed by atoms with Gasteiger partial charge in [-0.1, -0.05) is 0 Å². The van der Waals surface area contributed by atoms with Crippen molar-refractivity contribution < 1.29 is 0 Å². The van der Waals surface area contributed by atoms with Crippen LogP contribution in [-0.4, -0.2) is 18.4 Å². The summed E-state index contributed by atoms with van der Waals surface area (Å²) in [6.45, 7) is 6.53. The van der Waals surface area contributed by atoms with Crippen molar-refractivity contribution in [1.82, 2.24) is 0 Å². The maximum atomic E-state index is 2.47. The van der Waals surface area contributed by atoms with Crippen LogP contribution in [0.15, 0.2) is 36.5 Å². The van der Waals surface area contributed by atoms with Crippen LogP contribution in [0.4, 0.5) is 0 Å². The van der Waals surface area contributed by atoms with E-state index in [0.717, 1.165) is 3.93 Å². The molecule has 1 rings (SSSR count). The molecule has 0 bridgehead atoms. The predicted octanol–water partition coefficient (Wildman–Crippen LogP) is 6.11. The van der Waals surface area contributed by atoms with Crippen molar-refractivity contribution in [2.24, 2.45) is 0 Å². The average Bonchev–Trinajstić information content (AvgIpc) is 2.93. The summed E-state index contributed by atoms with van der Waals surface area (Å²) < 4.78 is 5.47. The summed E-state index contributed by atoms with van der Waals surface area (Å²) in [5.74, 6) is 0. The van der Waals surface area contributed by atoms with Gasteiger partial charge < -0.3 is 0 Å². The second-order valence-electron chi connectivity index (χ2n) is 5.66. The van der Waals surface area contributed by atoms with E-state index in [2.05, 4.69) is 57.2 Å². The summed E-state index contributed by atoms with van der Waals surface area (Å²) in [4.78, 5) is 0. The molecule has 0 aromatic rings. The van der Waals surface area contributed by atoms with Crippen LogP contribution in [0, 0.1) is 0 Å². The third-order valence-electron chi connectivity index (χ3n) is 4.50. The zero-order valence-electron chi connectivity index (χ0n) is 12.5. The van der Waals surface area contributed by atoms with E-state index >= 15 is 0 Å². The molecule has 18 heavy (non-hydrogen) atoms. The molecule has 0 radical (unpaired) electrons. The van der Waals surface area contributed by atoms with Crippen molar-refractivity contribution in [2.45, 2.75) is 63.7 Å². The number of hydrogen-bond donors (Lipinski definition) is 0. The normalized spacial score (nSPS) is 21.5. The van der Waals surface area contributed by atoms with Crippen LogP contribution in [0.1, 0.15) is 46.5 Å². The van der Waals surface area contributed by atoms with E-state index in [1.165, 1.54) is 39.0 Å². The monoisotopic (exact) mass is 354 g/mol. The molecule has 0 aliphatic heterocycles. The minimum absolute atomic E-state index is 1.13. The fraction of sp³-hybridized carbons (Fsp3) is 0.647. The Morgan fingerprint density at radius 3 is 1.50 bits per heavy atom. The van der Waals surface area contributed by atoms with E-state index in [0.29, 0.717) is 0 Å². The summed E-state index contributed by atoms with van der Waals surface area (Å²) in [7, 11) is 0. The first-order chi connectivity index (χ1) is 8.79. The molecule has 0 aromatic heterocycles. The Bertz CT molecular complexity index is 257. The van der Waals surface area contributed by atoms with Crippen LogP contribution in [-0.2, 0) is 0 Å². The second-order valence-corrected chi connectivity index (χ2v) is 19.3. The van der Waals surface area contributed by atoms with E-state index in [1.807, 2.05) is 0 Å². The minimum atomic E-state index is -2.04. The first-order valence-electron chi connectivity index (χ1n) is 7.62. The first kappa shape index (κ1) is 16.1. The summed E-state index contributed by atoms with van der Waals surface area (Å²) in [6, 6.07) is 0. The van der Waals surface area contributed by atoms with E-state index < -0.39 is 18.4 Å². The van der Waals surface area contributed by atoms with Gasteiger partial charge in [0.1, 0.15) is 0 Å². The Hall–Kier alpha value is 0.0187. The zero-order valence-corrected chi connectivity index (χ0v) is 15.3. The van der Waals surface area contributed by atoms with Crippen LogP contribution >= 0.6 is 0 Å². The zero-order chi connectivity index (χ0) is 13.3. The van der Waals surface area contributed by atoms with Crippen molar-refractivity contribution in [3.63, 3.8) is 0 Å². The second kappa shape index (κ2) is 9.01. The molecule has 0 amide bonds. The van der Waals surface area contributed by atoms with Crippen LogP contribution in [0.3, 0.4) is 0 Å². The molecule has 0 spiro atoms. The number of rotatable bonds is 7. The molecular formula is C17H30Sn. The Labute approximate surface area is 118 Å². The molecule has 1 fully saturated rings. The van der Waals surface area contributed by atoms with E-state index in [9.17, 15) is 0 Å². The van der Waals surface area contributed by atoms with Crippen molar-refractivity contribution >= 4 is 18.4 Å². The molecule has 0 aromatic carbocycles. The molecule has 0 nitrogen and oxygen atoms in total. The van der Waals surface area contributed by atoms with Gasteiger partial charge in [-0.3, -0.25) is 0 Å². The van der Waals surface area contributed by atoms with E-state index in [4.69, 9.17) is 0 Å². The van der Waals surface area contributed by atoms with Gasteiger partial charge in [0.25, 0.3) is 0 Å². The molecule has 1 saturated carbocycles. The molecule has 1 aliphatic rings. The molecule has 0 N–H and O–H groups in total. The molecule has 0 atom stereocenters. The fourth-order valence-electron chi connectivity index (χ4n) is 3.35. The summed E-state index contributed by atoms with van der Waals surface area (Å²) in [6.07, 6.45) is 20.3. The van der Waals surface area contributed by atoms with Gasteiger partial charge in [0, 0.05) is 0 Å². The van der Waals surface area contributed by atoms with Crippen LogP contribution in [0.25, 0.3) is 0 Å². The Kier molecular flexibility index (Phi) is 8.04. The summed E-state index contributed by atoms with van der Waals surface area (Å²) in [5, 5.41) is 0. The SMILES string of the molecule is CC=C[CH2][Sn]([CH2]C=CC)([CH2]C=CC)[CH]1CCCC1. The van der Waals surface area contributed by atoms with Crippen LogP contribution in [0.2, 0.25) is 17.2 Å². The molecule has 0 heterocycles. The Morgan fingerprint density at radius 2 is 1.17 bits per heavy atom. The van der Waals surface area contributed by atoms with Gasteiger partial charge in [-0.05, 0) is 0 Å². The third kappa shape index (κ3) is 4.60. The molecule has 0 saturated heterocycles. The van der Waals surface area contributed by atoms with E-state index in [1.54, 1.807) is 0 Å². The van der Waals surface area contributed by atoms with Gasteiger partial charge in [-0.25, -0.2) is 0 Å². The number of allylic oxidation sites excluding steroid dienone is 6. The average molecular weight is 353 g/mol. The van der Waals surface area contributed by atoms with Gasteiger partial charge in [-0.15, -0.1) is 0 Å². The van der Waals surface area contributed by atoms with Crippen molar-refractivity contribution in [2.75, 3.05) is 0 Å². The van der Waals surface area contributed by atoms with Crippen LogP contribution in [0.5, 0.6) is 0 Å². The van der Waals surface area contributed by atoms with Gasteiger partial charge >= 0.3 is 119 Å². The first-order valence-corrected chi connectivity index (χ1v) is 15.3. The molecule has 102 valence electrons. The molecular weight excluding hydrogens is 323 g/mol. The molecule has 1 aliphatic carbocycles. The Balaban J connectivity index is 2.89. The van der Waals surface area contributed by atoms with Gasteiger partial charge in [0.05, 0.1) is 0 Å². The third-order valence-corrected chi connectivity index (χ3v) is 20.1.